The summed E-state index contributed by atoms with van der Waals surface area (Å²) in [4.78, 5) is 50.2. The van der Waals surface area contributed by atoms with Gasteiger partial charge in [-0.2, -0.15) is 13.2 Å². The summed E-state index contributed by atoms with van der Waals surface area (Å²) in [6.45, 7) is 7.80. The zero-order valence-electron chi connectivity index (χ0n) is 31.2. The number of halogens is 3. The summed E-state index contributed by atoms with van der Waals surface area (Å²) < 4.78 is 46.7. The van der Waals surface area contributed by atoms with Crippen LogP contribution in [0.25, 0.3) is 10.9 Å². The number of nitro groups is 1. The van der Waals surface area contributed by atoms with Crippen molar-refractivity contribution < 1.29 is 37.5 Å². The van der Waals surface area contributed by atoms with Gasteiger partial charge in [0.2, 0.25) is 5.91 Å². The Labute approximate surface area is 317 Å². The number of carbonyl (C=O) groups is 2. The molecule has 294 valence electrons. The highest BCUT2D eigenvalue weighted by atomic mass is 19.4. The minimum Gasteiger partial charge on any atom is -0.496 e. The summed E-state index contributed by atoms with van der Waals surface area (Å²) in [5, 5.41) is 24.4. The molecule has 2 aliphatic heterocycles. The number of aryl methyl sites for hydroxylation is 1. The van der Waals surface area contributed by atoms with Crippen molar-refractivity contribution in [3.05, 3.63) is 63.0 Å². The van der Waals surface area contributed by atoms with E-state index in [0.29, 0.717) is 67.1 Å². The van der Waals surface area contributed by atoms with Gasteiger partial charge < -0.3 is 25.0 Å². The van der Waals surface area contributed by atoms with E-state index in [-0.39, 0.29) is 29.2 Å². The summed E-state index contributed by atoms with van der Waals surface area (Å²) in [5.74, 6) is 8.46. The van der Waals surface area contributed by atoms with Gasteiger partial charge >= 0.3 is 12.3 Å². The largest absolute Gasteiger partial charge is 0.496 e. The second-order valence-corrected chi connectivity index (χ2v) is 14.7. The number of alkyl halides is 3. The van der Waals surface area contributed by atoms with Gasteiger partial charge in [-0.25, -0.2) is 14.8 Å². The third-order valence-electron chi connectivity index (χ3n) is 11.1. The minimum atomic E-state index is -4.76. The number of nitro benzene ring substituents is 1. The first-order chi connectivity index (χ1) is 26.2. The highest BCUT2D eigenvalue weighted by Gasteiger charge is 2.35. The maximum Gasteiger partial charge on any atom is 0.416 e. The maximum absolute atomic E-state index is 13.6. The van der Waals surface area contributed by atoms with Crippen molar-refractivity contribution in [2.45, 2.75) is 70.5 Å². The molecule has 55 heavy (non-hydrogen) atoms. The smallest absolute Gasteiger partial charge is 0.416 e. The van der Waals surface area contributed by atoms with E-state index in [9.17, 15) is 32.9 Å². The average Bonchev–Trinajstić information content (AvgIpc) is 3.17. The molecule has 3 heterocycles. The highest BCUT2D eigenvalue weighted by Crippen LogP contribution is 2.43. The first kappa shape index (κ1) is 39.5. The third kappa shape index (κ3) is 9.38. The molecule has 3 aromatic rings. The predicted molar refractivity (Wildman–Crippen MR) is 199 cm³/mol. The molecule has 13 nitrogen and oxygen atoms in total. The molecule has 2 saturated heterocycles. The second-order valence-electron chi connectivity index (χ2n) is 14.7. The van der Waals surface area contributed by atoms with Crippen LogP contribution in [0.3, 0.4) is 0 Å². The van der Waals surface area contributed by atoms with Gasteiger partial charge in [-0.1, -0.05) is 11.8 Å². The number of likely N-dealkylation sites (tertiary alicyclic amines) is 1. The number of piperazine rings is 1. The van der Waals surface area contributed by atoms with Crippen molar-refractivity contribution in [3.8, 4) is 17.6 Å². The molecule has 1 aliphatic carbocycles. The molecule has 16 heteroatoms. The number of methoxy groups -OCH3 is 1. The number of ether oxygens (including phenoxy) is 1. The Hall–Kier alpha value is -5.17. The fourth-order valence-electron chi connectivity index (χ4n) is 7.89. The number of nitrogens with zero attached hydrogens (tertiary/aromatic N) is 6. The zero-order valence-corrected chi connectivity index (χ0v) is 31.2. The highest BCUT2D eigenvalue weighted by molar-refractivity contribution is 5.91. The Morgan fingerprint density at radius 1 is 1.00 bits per heavy atom. The van der Waals surface area contributed by atoms with E-state index in [4.69, 9.17) is 9.84 Å². The third-order valence-corrected chi connectivity index (χ3v) is 11.1. The van der Waals surface area contributed by atoms with Crippen molar-refractivity contribution in [2.75, 3.05) is 58.2 Å². The van der Waals surface area contributed by atoms with Crippen LogP contribution in [0.5, 0.6) is 5.75 Å². The zero-order chi connectivity index (χ0) is 39.4. The number of rotatable bonds is 8. The lowest BCUT2D eigenvalue weighted by Crippen LogP contribution is -2.50. The first-order valence-corrected chi connectivity index (χ1v) is 18.7. The number of piperidine rings is 1. The molecule has 2 amide bonds. The van der Waals surface area contributed by atoms with Gasteiger partial charge in [-0.3, -0.25) is 19.8 Å². The minimum absolute atomic E-state index is 0.0775. The molecule has 6 rings (SSSR count). The van der Waals surface area contributed by atoms with E-state index in [1.165, 1.54) is 4.90 Å². The SMILES string of the molecule is COc1cc2nc(C)nc(N[C@H](C)c3cc([N+](=O)[O-])cc(C(F)(F)F)c3)c2cc1C1CCC(C(=O)N2CCN(CC#CC3CCN(C(=O)O)CC3)CC2)CC1. The summed E-state index contributed by atoms with van der Waals surface area (Å²) >= 11 is 0. The lowest BCUT2D eigenvalue weighted by atomic mass is 9.77. The normalized spacial score (nSPS) is 20.4. The number of aromatic nitrogens is 2. The van der Waals surface area contributed by atoms with E-state index >= 15 is 0 Å². The van der Waals surface area contributed by atoms with E-state index in [2.05, 4.69) is 32.0 Å². The van der Waals surface area contributed by atoms with Crippen molar-refractivity contribution in [3.63, 3.8) is 0 Å². The van der Waals surface area contributed by atoms with Crippen LogP contribution in [0.1, 0.15) is 79.9 Å². The lowest BCUT2D eigenvalue weighted by Gasteiger charge is -2.37. The molecule has 0 radical (unpaired) electrons. The number of fused-ring (bicyclic) bond motifs is 1. The van der Waals surface area contributed by atoms with E-state index in [1.807, 2.05) is 17.0 Å². The van der Waals surface area contributed by atoms with Crippen LogP contribution in [0.15, 0.2) is 30.3 Å². The summed E-state index contributed by atoms with van der Waals surface area (Å²) in [6, 6.07) is 5.57. The van der Waals surface area contributed by atoms with Crippen LogP contribution in [-0.2, 0) is 11.0 Å². The summed E-state index contributed by atoms with van der Waals surface area (Å²) in [5.41, 5.74) is -0.161. The Morgan fingerprint density at radius 2 is 1.69 bits per heavy atom. The quantitative estimate of drug-likeness (QED) is 0.141. The molecule has 1 aromatic heterocycles. The standard InChI is InChI=1S/C39H46F3N7O6/c1-24(29-19-30(39(40,41)42)21-31(20-29)49(53)54)43-36-33-22-32(35(55-3)23-34(33)44-25(2)45-36)27-6-8-28(9-7-27)37(50)47-17-15-46(16-18-47)12-4-5-26-10-13-48(14-11-26)38(51)52/h19-24,26-28H,6-18H2,1-3H3,(H,51,52)(H,43,44,45)/t24-,27?,28?/m1/s1. The first-order valence-electron chi connectivity index (χ1n) is 18.7. The van der Waals surface area contributed by atoms with E-state index in [1.54, 1.807) is 21.0 Å². The van der Waals surface area contributed by atoms with Gasteiger partial charge in [0.15, 0.2) is 0 Å². The van der Waals surface area contributed by atoms with Gasteiger partial charge in [0.25, 0.3) is 5.69 Å². The molecule has 2 aromatic carbocycles. The molecule has 1 atom stereocenters. The van der Waals surface area contributed by atoms with Gasteiger partial charge in [0.05, 0.1) is 35.7 Å². The van der Waals surface area contributed by atoms with Crippen LogP contribution in [0, 0.1) is 40.7 Å². The van der Waals surface area contributed by atoms with Crippen molar-refractivity contribution in [1.82, 2.24) is 24.7 Å². The van der Waals surface area contributed by atoms with Crippen molar-refractivity contribution >= 4 is 34.4 Å². The number of anilines is 1. The van der Waals surface area contributed by atoms with Crippen LogP contribution < -0.4 is 10.1 Å². The van der Waals surface area contributed by atoms with Gasteiger partial charge in [0, 0.05) is 74.7 Å². The summed E-state index contributed by atoms with van der Waals surface area (Å²) in [7, 11) is 1.59. The van der Waals surface area contributed by atoms with Gasteiger partial charge in [0.1, 0.15) is 17.4 Å². The Bertz CT molecular complexity index is 1980. The Kier molecular flexibility index (Phi) is 12.0. The van der Waals surface area contributed by atoms with Crippen LogP contribution >= 0.6 is 0 Å². The maximum atomic E-state index is 13.6. The number of carboxylic acid groups (broad SMARTS) is 1. The molecule has 3 fully saturated rings. The monoisotopic (exact) mass is 765 g/mol. The Balaban J connectivity index is 1.08. The average molecular weight is 766 g/mol. The topological polar surface area (TPSA) is 154 Å². The van der Waals surface area contributed by atoms with Crippen molar-refractivity contribution in [1.29, 1.82) is 0 Å². The van der Waals surface area contributed by atoms with Crippen LogP contribution in [0.4, 0.5) is 29.5 Å². The number of carbonyl (C=O) groups excluding carboxylic acids is 1. The number of non-ortho nitro benzene ring substituents is 1. The van der Waals surface area contributed by atoms with Gasteiger partial charge in [-0.05, 0) is 81.5 Å². The molecule has 3 aliphatic rings. The fraction of sp³-hybridized carbons (Fsp3) is 0.538. The van der Waals surface area contributed by atoms with Crippen molar-refractivity contribution in [2.24, 2.45) is 11.8 Å². The molecule has 0 unspecified atom stereocenters. The number of hydrogen-bond acceptors (Lipinski definition) is 9. The molecular weight excluding hydrogens is 719 g/mol. The number of hydrogen-bond donors (Lipinski definition) is 2. The van der Waals surface area contributed by atoms with Crippen LogP contribution in [0.2, 0.25) is 0 Å². The second kappa shape index (κ2) is 16.7. The lowest BCUT2D eigenvalue weighted by molar-refractivity contribution is -0.385. The molecule has 0 bridgehead atoms. The van der Waals surface area contributed by atoms with Crippen LogP contribution in [-0.4, -0.2) is 99.6 Å². The molecule has 2 N–H and O–H groups in total. The number of benzene rings is 2. The van der Waals surface area contributed by atoms with E-state index < -0.39 is 34.5 Å². The fourth-order valence-corrected chi connectivity index (χ4v) is 7.89. The Morgan fingerprint density at radius 3 is 2.31 bits per heavy atom. The molecule has 1 saturated carbocycles. The molecular formula is C39H46F3N7O6. The summed E-state index contributed by atoms with van der Waals surface area (Å²) in [6.07, 6.45) is -1.16. The van der Waals surface area contributed by atoms with E-state index in [0.717, 1.165) is 69.3 Å². The van der Waals surface area contributed by atoms with Gasteiger partial charge in [-0.15, -0.1) is 0 Å². The number of amides is 2. The number of nitrogens with one attached hydrogen (secondary N) is 1. The molecule has 0 spiro atoms. The predicted octanol–water partition coefficient (Wildman–Crippen LogP) is 6.86.